The van der Waals surface area contributed by atoms with Gasteiger partial charge in [-0.2, -0.15) is 0 Å². The molecule has 17 heavy (non-hydrogen) atoms. The van der Waals surface area contributed by atoms with Gasteiger partial charge in [-0.3, -0.25) is 0 Å². The van der Waals surface area contributed by atoms with Gasteiger partial charge < -0.3 is 5.32 Å². The average molecular weight is 233 g/mol. The van der Waals surface area contributed by atoms with Gasteiger partial charge in [0.1, 0.15) is 5.82 Å². The fourth-order valence-corrected chi connectivity index (χ4v) is 3.56. The predicted octanol–water partition coefficient (Wildman–Crippen LogP) is 4.35. The molecule has 1 spiro atoms. The lowest BCUT2D eigenvalue weighted by molar-refractivity contribution is 0.0571. The third-order valence-electron chi connectivity index (χ3n) is 4.68. The number of benzene rings is 1. The zero-order valence-corrected chi connectivity index (χ0v) is 10.2. The Morgan fingerprint density at radius 2 is 1.94 bits per heavy atom. The Hall–Kier alpha value is -1.05. The molecule has 0 radical (unpaired) electrons. The van der Waals surface area contributed by atoms with Crippen LogP contribution < -0.4 is 5.32 Å². The summed E-state index contributed by atoms with van der Waals surface area (Å²) in [4.78, 5) is 0. The molecular weight excluding hydrogens is 213 g/mol. The van der Waals surface area contributed by atoms with E-state index in [0.29, 0.717) is 11.5 Å². The SMILES string of the molecule is Fc1cccc(NC2CCC23CCCCC3)c1. The molecule has 2 aliphatic carbocycles. The third-order valence-corrected chi connectivity index (χ3v) is 4.68. The highest BCUT2D eigenvalue weighted by Crippen LogP contribution is 2.52. The van der Waals surface area contributed by atoms with E-state index in [0.717, 1.165) is 5.69 Å². The molecule has 2 heteroatoms. The molecule has 1 atom stereocenters. The quantitative estimate of drug-likeness (QED) is 0.800. The molecule has 1 N–H and O–H groups in total. The van der Waals surface area contributed by atoms with Crippen molar-refractivity contribution in [2.24, 2.45) is 5.41 Å². The van der Waals surface area contributed by atoms with Crippen molar-refractivity contribution < 1.29 is 4.39 Å². The van der Waals surface area contributed by atoms with E-state index < -0.39 is 0 Å². The normalized spacial score (nSPS) is 26.5. The molecule has 0 amide bonds. The lowest BCUT2D eigenvalue weighted by Gasteiger charge is -2.52. The van der Waals surface area contributed by atoms with E-state index in [-0.39, 0.29) is 5.82 Å². The lowest BCUT2D eigenvalue weighted by atomic mass is 9.57. The summed E-state index contributed by atoms with van der Waals surface area (Å²) in [5.41, 5.74) is 1.48. The van der Waals surface area contributed by atoms with E-state index in [1.807, 2.05) is 6.07 Å². The number of halogens is 1. The summed E-state index contributed by atoms with van der Waals surface area (Å²) in [6.07, 6.45) is 9.48. The van der Waals surface area contributed by atoms with Crippen molar-refractivity contribution in [2.45, 2.75) is 51.0 Å². The minimum Gasteiger partial charge on any atom is -0.382 e. The van der Waals surface area contributed by atoms with Gasteiger partial charge in [-0.1, -0.05) is 25.3 Å². The fraction of sp³-hybridized carbons (Fsp3) is 0.600. The predicted molar refractivity (Wildman–Crippen MR) is 68.6 cm³/mol. The minimum atomic E-state index is -0.146. The highest BCUT2D eigenvalue weighted by molar-refractivity contribution is 5.45. The summed E-state index contributed by atoms with van der Waals surface area (Å²) < 4.78 is 13.1. The molecule has 1 nitrogen and oxygen atoms in total. The van der Waals surface area contributed by atoms with Crippen LogP contribution in [0.3, 0.4) is 0 Å². The van der Waals surface area contributed by atoms with E-state index in [4.69, 9.17) is 0 Å². The van der Waals surface area contributed by atoms with Crippen molar-refractivity contribution in [1.29, 1.82) is 0 Å². The number of rotatable bonds is 2. The van der Waals surface area contributed by atoms with E-state index >= 15 is 0 Å². The Morgan fingerprint density at radius 3 is 2.59 bits per heavy atom. The largest absolute Gasteiger partial charge is 0.382 e. The van der Waals surface area contributed by atoms with Crippen LogP contribution in [0.25, 0.3) is 0 Å². The van der Waals surface area contributed by atoms with Gasteiger partial charge in [0.05, 0.1) is 0 Å². The maximum absolute atomic E-state index is 13.1. The van der Waals surface area contributed by atoms with Crippen molar-refractivity contribution in [3.63, 3.8) is 0 Å². The van der Waals surface area contributed by atoms with E-state index in [9.17, 15) is 4.39 Å². The van der Waals surface area contributed by atoms with Crippen LogP contribution in [0, 0.1) is 11.2 Å². The topological polar surface area (TPSA) is 12.0 Å². The molecule has 2 saturated carbocycles. The third kappa shape index (κ3) is 2.05. The molecule has 0 bridgehead atoms. The van der Waals surface area contributed by atoms with Crippen molar-refractivity contribution in [1.82, 2.24) is 0 Å². The van der Waals surface area contributed by atoms with Gasteiger partial charge in [0, 0.05) is 11.7 Å². The van der Waals surface area contributed by atoms with Gasteiger partial charge >= 0.3 is 0 Å². The standard InChI is InChI=1S/C15H20FN/c16-12-5-4-6-13(11-12)17-14-7-10-15(14)8-2-1-3-9-15/h4-6,11,14,17H,1-3,7-10H2. The van der Waals surface area contributed by atoms with Crippen molar-refractivity contribution >= 4 is 5.69 Å². The van der Waals surface area contributed by atoms with Crippen LogP contribution in [0.15, 0.2) is 24.3 Å². The van der Waals surface area contributed by atoms with Crippen molar-refractivity contribution in [2.75, 3.05) is 5.32 Å². The summed E-state index contributed by atoms with van der Waals surface area (Å²) in [6.45, 7) is 0. The molecule has 2 aliphatic rings. The summed E-state index contributed by atoms with van der Waals surface area (Å²) in [5.74, 6) is -0.146. The zero-order valence-electron chi connectivity index (χ0n) is 10.2. The first kappa shape index (κ1) is 11.1. The molecule has 0 heterocycles. The summed E-state index contributed by atoms with van der Waals surface area (Å²) in [7, 11) is 0. The first-order valence-electron chi connectivity index (χ1n) is 6.81. The van der Waals surface area contributed by atoms with Crippen LogP contribution in [0.4, 0.5) is 10.1 Å². The summed E-state index contributed by atoms with van der Waals surface area (Å²) in [6, 6.07) is 7.43. The van der Waals surface area contributed by atoms with Crippen LogP contribution in [-0.2, 0) is 0 Å². The van der Waals surface area contributed by atoms with Crippen LogP contribution in [-0.4, -0.2) is 6.04 Å². The van der Waals surface area contributed by atoms with Crippen LogP contribution in [0.5, 0.6) is 0 Å². The minimum absolute atomic E-state index is 0.146. The zero-order chi connectivity index (χ0) is 11.7. The number of hydrogen-bond donors (Lipinski definition) is 1. The maximum Gasteiger partial charge on any atom is 0.125 e. The van der Waals surface area contributed by atoms with Gasteiger partial charge in [0.2, 0.25) is 0 Å². The van der Waals surface area contributed by atoms with Gasteiger partial charge in [0.25, 0.3) is 0 Å². The first-order chi connectivity index (χ1) is 8.28. The van der Waals surface area contributed by atoms with E-state index in [1.165, 1.54) is 51.0 Å². The Labute approximate surface area is 102 Å². The second-order valence-electron chi connectivity index (χ2n) is 5.67. The molecule has 3 rings (SSSR count). The van der Waals surface area contributed by atoms with Crippen molar-refractivity contribution in [3.05, 3.63) is 30.1 Å². The smallest absolute Gasteiger partial charge is 0.125 e. The molecule has 92 valence electrons. The maximum atomic E-state index is 13.1. The molecule has 0 aromatic heterocycles. The fourth-order valence-electron chi connectivity index (χ4n) is 3.56. The van der Waals surface area contributed by atoms with Crippen LogP contribution in [0.2, 0.25) is 0 Å². The Bertz CT molecular complexity index is 396. The van der Waals surface area contributed by atoms with Crippen molar-refractivity contribution in [3.8, 4) is 0 Å². The molecule has 1 aromatic rings. The van der Waals surface area contributed by atoms with Gasteiger partial charge in [-0.25, -0.2) is 4.39 Å². The highest BCUT2D eigenvalue weighted by atomic mass is 19.1. The van der Waals surface area contributed by atoms with Crippen LogP contribution in [0.1, 0.15) is 44.9 Å². The summed E-state index contributed by atoms with van der Waals surface area (Å²) >= 11 is 0. The number of nitrogens with one attached hydrogen (secondary N) is 1. The molecule has 0 aliphatic heterocycles. The Balaban J connectivity index is 1.69. The molecule has 0 saturated heterocycles. The van der Waals surface area contributed by atoms with Gasteiger partial charge in [0.15, 0.2) is 0 Å². The molecular formula is C15H20FN. The first-order valence-corrected chi connectivity index (χ1v) is 6.81. The van der Waals surface area contributed by atoms with Crippen LogP contribution >= 0.6 is 0 Å². The monoisotopic (exact) mass is 233 g/mol. The molecule has 1 unspecified atom stereocenters. The Morgan fingerprint density at radius 1 is 1.12 bits per heavy atom. The average Bonchev–Trinajstić information content (AvgIpc) is 2.36. The highest BCUT2D eigenvalue weighted by Gasteiger charge is 2.46. The van der Waals surface area contributed by atoms with Gasteiger partial charge in [-0.05, 0) is 49.3 Å². The number of hydrogen-bond acceptors (Lipinski definition) is 1. The number of anilines is 1. The second kappa shape index (κ2) is 4.32. The Kier molecular flexibility index (Phi) is 2.81. The van der Waals surface area contributed by atoms with E-state index in [1.54, 1.807) is 12.1 Å². The lowest BCUT2D eigenvalue weighted by Crippen LogP contribution is -2.50. The second-order valence-corrected chi connectivity index (χ2v) is 5.67. The molecule has 1 aromatic carbocycles. The molecule has 2 fully saturated rings. The van der Waals surface area contributed by atoms with Gasteiger partial charge in [-0.15, -0.1) is 0 Å². The van der Waals surface area contributed by atoms with E-state index in [2.05, 4.69) is 5.32 Å². The summed E-state index contributed by atoms with van der Waals surface area (Å²) in [5, 5.41) is 3.54.